The molecule has 1 spiro atoms. The molecule has 7 heteroatoms. The van der Waals surface area contributed by atoms with Gasteiger partial charge in [-0.2, -0.15) is 0 Å². The van der Waals surface area contributed by atoms with Crippen molar-refractivity contribution < 1.29 is 19.1 Å². The topological polar surface area (TPSA) is 87.7 Å². The van der Waals surface area contributed by atoms with Crippen LogP contribution in [0.1, 0.15) is 66.7 Å². The second kappa shape index (κ2) is 7.36. The van der Waals surface area contributed by atoms with E-state index in [2.05, 4.69) is 10.6 Å². The average Bonchev–Trinajstić information content (AvgIpc) is 3.28. The number of nitrogens with one attached hydrogen (secondary N) is 2. The lowest BCUT2D eigenvalue weighted by atomic mass is 9.74. The van der Waals surface area contributed by atoms with Crippen LogP contribution in [-0.4, -0.2) is 58.0 Å². The maximum Gasteiger partial charge on any atom is 0.246 e. The molecule has 7 nitrogen and oxygen atoms in total. The van der Waals surface area contributed by atoms with E-state index < -0.39 is 35.1 Å². The summed E-state index contributed by atoms with van der Waals surface area (Å²) in [5.41, 5.74) is -1.51. The first-order valence-corrected chi connectivity index (χ1v) is 11.4. The van der Waals surface area contributed by atoms with Crippen molar-refractivity contribution >= 4 is 17.7 Å². The molecule has 166 valence electrons. The Balaban J connectivity index is 1.64. The van der Waals surface area contributed by atoms with E-state index in [9.17, 15) is 14.4 Å². The fraction of sp³-hybridized carbons (Fsp3) is 0.783. The zero-order valence-electron chi connectivity index (χ0n) is 18.7. The zero-order valence-corrected chi connectivity index (χ0v) is 18.7. The fourth-order valence-electron chi connectivity index (χ4n) is 5.74. The van der Waals surface area contributed by atoms with Gasteiger partial charge in [-0.15, -0.1) is 0 Å². The Kier molecular flexibility index (Phi) is 5.24. The first-order valence-electron chi connectivity index (χ1n) is 11.4. The molecule has 0 radical (unpaired) electrons. The van der Waals surface area contributed by atoms with Gasteiger partial charge in [0.2, 0.25) is 17.7 Å². The van der Waals surface area contributed by atoms with Crippen LogP contribution in [0.5, 0.6) is 0 Å². The van der Waals surface area contributed by atoms with E-state index in [1.54, 1.807) is 4.90 Å². The molecule has 0 aromatic carbocycles. The molecular weight excluding hydrogens is 382 g/mol. The first-order chi connectivity index (χ1) is 14.0. The third-order valence-electron chi connectivity index (χ3n) is 6.87. The number of likely N-dealkylation sites (tertiary alicyclic amines) is 1. The summed E-state index contributed by atoms with van der Waals surface area (Å²) in [6.45, 7) is 9.56. The number of carbonyl (C=O) groups excluding carboxylic acids is 3. The summed E-state index contributed by atoms with van der Waals surface area (Å²) in [7, 11) is 0. The number of hydrogen-bond acceptors (Lipinski definition) is 4. The molecular formula is C23H35N3O4. The smallest absolute Gasteiger partial charge is 0.246 e. The number of hydrogen-bond donors (Lipinski definition) is 2. The van der Waals surface area contributed by atoms with Gasteiger partial charge in [-0.1, -0.05) is 31.4 Å². The molecule has 5 atom stereocenters. The van der Waals surface area contributed by atoms with Gasteiger partial charge in [0.05, 0.1) is 17.9 Å². The van der Waals surface area contributed by atoms with E-state index in [1.807, 2.05) is 46.8 Å². The van der Waals surface area contributed by atoms with Crippen molar-refractivity contribution in [3.63, 3.8) is 0 Å². The van der Waals surface area contributed by atoms with E-state index in [0.29, 0.717) is 0 Å². The van der Waals surface area contributed by atoms with Gasteiger partial charge in [-0.25, -0.2) is 0 Å². The highest BCUT2D eigenvalue weighted by Crippen LogP contribution is 2.55. The highest BCUT2D eigenvalue weighted by atomic mass is 16.5. The van der Waals surface area contributed by atoms with Gasteiger partial charge in [0.1, 0.15) is 11.6 Å². The minimum Gasteiger partial charge on any atom is -0.359 e. The van der Waals surface area contributed by atoms with Gasteiger partial charge in [0.25, 0.3) is 0 Å². The monoisotopic (exact) mass is 417 g/mol. The van der Waals surface area contributed by atoms with Crippen LogP contribution < -0.4 is 10.6 Å². The number of amides is 3. The third-order valence-corrected chi connectivity index (χ3v) is 6.87. The Morgan fingerprint density at radius 1 is 1.17 bits per heavy atom. The summed E-state index contributed by atoms with van der Waals surface area (Å²) in [5, 5.41) is 6.20. The second-order valence-corrected chi connectivity index (χ2v) is 10.6. The van der Waals surface area contributed by atoms with Gasteiger partial charge in [-0.05, 0) is 47.5 Å². The van der Waals surface area contributed by atoms with Crippen LogP contribution in [0.15, 0.2) is 12.2 Å². The van der Waals surface area contributed by atoms with Gasteiger partial charge < -0.3 is 20.3 Å². The van der Waals surface area contributed by atoms with Crippen molar-refractivity contribution in [1.82, 2.24) is 15.5 Å². The number of ether oxygens (including phenoxy) is 1. The van der Waals surface area contributed by atoms with Gasteiger partial charge in [-0.3, -0.25) is 14.4 Å². The highest BCUT2D eigenvalue weighted by Gasteiger charge is 2.73. The summed E-state index contributed by atoms with van der Waals surface area (Å²) in [6, 6.07) is -0.780. The Morgan fingerprint density at radius 3 is 2.43 bits per heavy atom. The van der Waals surface area contributed by atoms with Crippen LogP contribution in [0.25, 0.3) is 0 Å². The zero-order chi connectivity index (χ0) is 21.8. The Bertz CT molecular complexity index is 765. The van der Waals surface area contributed by atoms with Crippen molar-refractivity contribution in [3.8, 4) is 0 Å². The SMILES string of the molecule is CC(C)N1C(=O)[C@H]2[C@@H](C(=O)NC3CCCCC3)[C@@H]3C=C[C@@]2(O3)[C@H]1C(=O)NC(C)(C)C. The molecule has 3 fully saturated rings. The van der Waals surface area contributed by atoms with E-state index in [0.717, 1.165) is 25.7 Å². The van der Waals surface area contributed by atoms with E-state index in [-0.39, 0.29) is 29.8 Å². The number of rotatable bonds is 4. The first kappa shape index (κ1) is 21.3. The quantitative estimate of drug-likeness (QED) is 0.684. The average molecular weight is 418 g/mol. The van der Waals surface area contributed by atoms with Crippen molar-refractivity contribution in [2.24, 2.45) is 11.8 Å². The predicted octanol–water partition coefficient (Wildman–Crippen LogP) is 1.91. The van der Waals surface area contributed by atoms with Crippen LogP contribution in [0.2, 0.25) is 0 Å². The van der Waals surface area contributed by atoms with Crippen LogP contribution in [0.3, 0.4) is 0 Å². The fourth-order valence-corrected chi connectivity index (χ4v) is 5.74. The Labute approximate surface area is 179 Å². The van der Waals surface area contributed by atoms with Crippen molar-refractivity contribution in [1.29, 1.82) is 0 Å². The lowest BCUT2D eigenvalue weighted by Crippen LogP contribution is -2.59. The molecule has 3 heterocycles. The number of fused-ring (bicyclic) bond motifs is 1. The summed E-state index contributed by atoms with van der Waals surface area (Å²) in [4.78, 5) is 41.8. The molecule has 1 aliphatic carbocycles. The van der Waals surface area contributed by atoms with Crippen LogP contribution >= 0.6 is 0 Å². The van der Waals surface area contributed by atoms with Crippen molar-refractivity contribution in [3.05, 3.63) is 12.2 Å². The lowest BCUT2D eigenvalue weighted by molar-refractivity contribution is -0.144. The summed E-state index contributed by atoms with van der Waals surface area (Å²) in [5.74, 6) is -1.75. The molecule has 0 aromatic rings. The summed E-state index contributed by atoms with van der Waals surface area (Å²) in [6.07, 6.45) is 8.70. The lowest BCUT2D eigenvalue weighted by Gasteiger charge is -2.36. The number of nitrogens with zero attached hydrogens (tertiary/aromatic N) is 1. The molecule has 2 N–H and O–H groups in total. The molecule has 0 unspecified atom stereocenters. The van der Waals surface area contributed by atoms with E-state index >= 15 is 0 Å². The molecule has 4 aliphatic rings. The predicted molar refractivity (Wildman–Crippen MR) is 112 cm³/mol. The third kappa shape index (κ3) is 3.35. The maximum absolute atomic E-state index is 13.6. The molecule has 2 saturated heterocycles. The molecule has 1 saturated carbocycles. The van der Waals surface area contributed by atoms with E-state index in [4.69, 9.17) is 4.74 Å². The van der Waals surface area contributed by atoms with Crippen LogP contribution in [-0.2, 0) is 19.1 Å². The van der Waals surface area contributed by atoms with Crippen molar-refractivity contribution in [2.45, 2.75) is 102 Å². The molecule has 30 heavy (non-hydrogen) atoms. The normalized spacial score (nSPS) is 35.8. The van der Waals surface area contributed by atoms with Crippen molar-refractivity contribution in [2.75, 3.05) is 0 Å². The van der Waals surface area contributed by atoms with Gasteiger partial charge in [0.15, 0.2) is 0 Å². The van der Waals surface area contributed by atoms with E-state index in [1.165, 1.54) is 6.42 Å². The minimum atomic E-state index is -1.07. The largest absolute Gasteiger partial charge is 0.359 e. The molecule has 4 rings (SSSR count). The standard InChI is InChI=1S/C23H35N3O4/c1-13(2)26-18(20(28)25-22(3,4)5)23-12-11-15(30-23)16(17(23)21(26)29)19(27)24-14-9-7-6-8-10-14/h11-18H,6-10H2,1-5H3,(H,24,27)(H,25,28)/t15-,16-,17+,18+,23-/m0/s1. The summed E-state index contributed by atoms with van der Waals surface area (Å²) < 4.78 is 6.31. The minimum absolute atomic E-state index is 0.114. The van der Waals surface area contributed by atoms with Gasteiger partial charge in [0, 0.05) is 17.6 Å². The molecule has 3 amide bonds. The molecule has 2 bridgehead atoms. The molecule has 0 aromatic heterocycles. The van der Waals surface area contributed by atoms with Gasteiger partial charge >= 0.3 is 0 Å². The maximum atomic E-state index is 13.6. The van der Waals surface area contributed by atoms with Crippen LogP contribution in [0.4, 0.5) is 0 Å². The highest BCUT2D eigenvalue weighted by molar-refractivity contribution is 6.00. The Hall–Kier alpha value is -1.89. The second-order valence-electron chi connectivity index (χ2n) is 10.6. The van der Waals surface area contributed by atoms with Crippen LogP contribution in [0, 0.1) is 11.8 Å². The Morgan fingerprint density at radius 2 is 1.83 bits per heavy atom. The summed E-state index contributed by atoms with van der Waals surface area (Å²) >= 11 is 0. The number of carbonyl (C=O) groups is 3. The molecule has 3 aliphatic heterocycles.